The van der Waals surface area contributed by atoms with E-state index in [1.807, 2.05) is 19.2 Å². The van der Waals surface area contributed by atoms with Gasteiger partial charge in [-0.05, 0) is 66.9 Å². The summed E-state index contributed by atoms with van der Waals surface area (Å²) < 4.78 is 6.04. The summed E-state index contributed by atoms with van der Waals surface area (Å²) in [5.41, 5.74) is 5.01. The predicted molar refractivity (Wildman–Crippen MR) is 141 cm³/mol. The third kappa shape index (κ3) is 4.84. The molecule has 35 heavy (non-hydrogen) atoms. The average Bonchev–Trinajstić information content (AvgIpc) is 2.94. The van der Waals surface area contributed by atoms with Gasteiger partial charge in [-0.25, -0.2) is 4.79 Å². The molecule has 2 saturated heterocycles. The summed E-state index contributed by atoms with van der Waals surface area (Å²) in [6.07, 6.45) is 1.95. The lowest BCUT2D eigenvalue weighted by Crippen LogP contribution is -2.46. The molecule has 2 aliphatic rings. The van der Waals surface area contributed by atoms with Crippen molar-refractivity contribution in [3.8, 4) is 0 Å². The molecule has 3 aromatic carbocycles. The molecule has 6 heteroatoms. The highest BCUT2D eigenvalue weighted by Crippen LogP contribution is 2.37. The molecule has 2 aliphatic heterocycles. The maximum Gasteiger partial charge on any atom is 0.335 e. The van der Waals surface area contributed by atoms with Crippen molar-refractivity contribution >= 4 is 23.0 Å². The van der Waals surface area contributed by atoms with E-state index in [-0.39, 0.29) is 5.60 Å². The van der Waals surface area contributed by atoms with Crippen LogP contribution in [0, 0.1) is 0 Å². The summed E-state index contributed by atoms with van der Waals surface area (Å²) in [6.45, 7) is 5.66. The summed E-state index contributed by atoms with van der Waals surface area (Å²) in [5, 5.41) is 9.10. The van der Waals surface area contributed by atoms with Gasteiger partial charge < -0.3 is 24.5 Å². The van der Waals surface area contributed by atoms with Crippen LogP contribution in [0.2, 0.25) is 0 Å². The molecule has 2 fully saturated rings. The topological polar surface area (TPSA) is 56.2 Å². The number of rotatable bonds is 6. The van der Waals surface area contributed by atoms with Gasteiger partial charge >= 0.3 is 5.97 Å². The van der Waals surface area contributed by atoms with Gasteiger partial charge in [-0.3, -0.25) is 0 Å². The van der Waals surface area contributed by atoms with Gasteiger partial charge in [0.2, 0.25) is 0 Å². The Hall–Kier alpha value is -3.51. The lowest BCUT2D eigenvalue weighted by atomic mass is 9.84. The van der Waals surface area contributed by atoms with Crippen LogP contribution in [0.3, 0.4) is 0 Å². The summed E-state index contributed by atoms with van der Waals surface area (Å²) in [6, 6.07) is 26.7. The zero-order chi connectivity index (χ0) is 24.3. The molecular formula is C29H33N3O3. The number of benzene rings is 3. The molecule has 182 valence electrons. The van der Waals surface area contributed by atoms with E-state index in [9.17, 15) is 4.79 Å². The zero-order valence-corrected chi connectivity index (χ0v) is 20.3. The molecular weight excluding hydrogens is 438 g/mol. The monoisotopic (exact) mass is 471 g/mol. The minimum Gasteiger partial charge on any atom is -0.478 e. The molecule has 5 rings (SSSR count). The molecule has 0 aromatic heterocycles. The Labute approximate surface area is 207 Å². The van der Waals surface area contributed by atoms with E-state index in [0.717, 1.165) is 57.8 Å². The van der Waals surface area contributed by atoms with E-state index >= 15 is 0 Å². The molecule has 0 aliphatic carbocycles. The third-order valence-electron chi connectivity index (χ3n) is 7.60. The van der Waals surface area contributed by atoms with Crippen molar-refractivity contribution in [2.24, 2.45) is 0 Å². The molecule has 0 spiro atoms. The van der Waals surface area contributed by atoms with E-state index < -0.39 is 5.97 Å². The van der Waals surface area contributed by atoms with Gasteiger partial charge in [0.15, 0.2) is 0 Å². The van der Waals surface area contributed by atoms with Gasteiger partial charge in [-0.15, -0.1) is 0 Å². The van der Waals surface area contributed by atoms with Crippen molar-refractivity contribution in [3.63, 3.8) is 0 Å². The van der Waals surface area contributed by atoms with Gasteiger partial charge in [-0.2, -0.15) is 0 Å². The summed E-state index contributed by atoms with van der Waals surface area (Å²) in [5.74, 6) is -0.886. The van der Waals surface area contributed by atoms with Crippen LogP contribution in [0.25, 0.3) is 0 Å². The quantitative estimate of drug-likeness (QED) is 0.555. The van der Waals surface area contributed by atoms with Crippen LogP contribution in [0.4, 0.5) is 17.1 Å². The highest BCUT2D eigenvalue weighted by Gasteiger charge is 2.36. The predicted octanol–water partition coefficient (Wildman–Crippen LogP) is 4.85. The Morgan fingerprint density at radius 3 is 1.54 bits per heavy atom. The van der Waals surface area contributed by atoms with Crippen molar-refractivity contribution in [2.75, 3.05) is 61.1 Å². The summed E-state index contributed by atoms with van der Waals surface area (Å²) >= 11 is 0. The van der Waals surface area contributed by atoms with Crippen LogP contribution in [0.5, 0.6) is 0 Å². The van der Waals surface area contributed by atoms with Gasteiger partial charge in [0, 0.05) is 63.4 Å². The van der Waals surface area contributed by atoms with Crippen LogP contribution in [0.15, 0.2) is 78.9 Å². The van der Waals surface area contributed by atoms with E-state index in [1.165, 1.54) is 16.9 Å². The Morgan fingerprint density at radius 2 is 1.11 bits per heavy atom. The number of methoxy groups -OCH3 is 1. The highest BCUT2D eigenvalue weighted by atomic mass is 16.5. The van der Waals surface area contributed by atoms with Gasteiger partial charge in [-0.1, -0.05) is 30.3 Å². The van der Waals surface area contributed by atoms with Crippen LogP contribution < -0.4 is 14.7 Å². The fraction of sp³-hybridized carbons (Fsp3) is 0.345. The van der Waals surface area contributed by atoms with Crippen LogP contribution in [-0.2, 0) is 10.3 Å². The number of anilines is 3. The minimum absolute atomic E-state index is 0.189. The first-order chi connectivity index (χ1) is 17.1. The van der Waals surface area contributed by atoms with E-state index in [4.69, 9.17) is 9.84 Å². The van der Waals surface area contributed by atoms with E-state index in [0.29, 0.717) is 5.56 Å². The highest BCUT2D eigenvalue weighted by molar-refractivity contribution is 5.88. The fourth-order valence-electron chi connectivity index (χ4n) is 5.39. The number of carboxylic acid groups (broad SMARTS) is 1. The second kappa shape index (κ2) is 10.0. The van der Waals surface area contributed by atoms with E-state index in [1.54, 1.807) is 12.1 Å². The normalized spacial score (nSPS) is 17.9. The average molecular weight is 472 g/mol. The molecule has 0 bridgehead atoms. The largest absolute Gasteiger partial charge is 0.478 e. The SMILES string of the molecule is COC1(c2ccccc2)CCN(c2ccc(N3CCN(c4ccc(C(=O)O)cc4)CC3)cc2)CC1. The number of carboxylic acids is 1. The Kier molecular flexibility index (Phi) is 6.64. The smallest absolute Gasteiger partial charge is 0.335 e. The second-order valence-electron chi connectivity index (χ2n) is 9.39. The first-order valence-electron chi connectivity index (χ1n) is 12.4. The van der Waals surface area contributed by atoms with Gasteiger partial charge in [0.05, 0.1) is 11.2 Å². The van der Waals surface area contributed by atoms with Crippen LogP contribution in [-0.4, -0.2) is 57.5 Å². The van der Waals surface area contributed by atoms with Crippen molar-refractivity contribution in [1.82, 2.24) is 0 Å². The number of aromatic carboxylic acids is 1. The minimum atomic E-state index is -0.886. The molecule has 0 saturated carbocycles. The number of nitrogens with zero attached hydrogens (tertiary/aromatic N) is 3. The van der Waals surface area contributed by atoms with E-state index in [2.05, 4.69) is 69.3 Å². The Morgan fingerprint density at radius 1 is 0.686 bits per heavy atom. The summed E-state index contributed by atoms with van der Waals surface area (Å²) in [4.78, 5) is 18.3. The van der Waals surface area contributed by atoms with Crippen molar-refractivity contribution < 1.29 is 14.6 Å². The number of piperazine rings is 1. The lowest BCUT2D eigenvalue weighted by molar-refractivity contribution is -0.0346. The lowest BCUT2D eigenvalue weighted by Gasteiger charge is -2.42. The second-order valence-corrected chi connectivity index (χ2v) is 9.39. The first kappa shape index (κ1) is 23.2. The Balaban J connectivity index is 1.17. The van der Waals surface area contributed by atoms with Crippen LogP contribution >= 0.6 is 0 Å². The number of piperidine rings is 1. The maximum absolute atomic E-state index is 11.1. The first-order valence-corrected chi connectivity index (χ1v) is 12.4. The Bertz CT molecular complexity index is 1120. The molecule has 0 unspecified atom stereocenters. The molecule has 6 nitrogen and oxygen atoms in total. The third-order valence-corrected chi connectivity index (χ3v) is 7.60. The zero-order valence-electron chi connectivity index (χ0n) is 20.3. The van der Waals surface area contributed by atoms with Crippen molar-refractivity contribution in [2.45, 2.75) is 18.4 Å². The number of hydrogen-bond acceptors (Lipinski definition) is 5. The van der Waals surface area contributed by atoms with Crippen molar-refractivity contribution in [3.05, 3.63) is 90.0 Å². The van der Waals surface area contributed by atoms with Gasteiger partial charge in [0.25, 0.3) is 0 Å². The standard InChI is InChI=1S/C29H33N3O3/c1-35-29(24-5-3-2-4-6-24)15-17-30(18-16-29)26-11-13-27(14-12-26)32-21-19-31(20-22-32)25-9-7-23(8-10-25)28(33)34/h2-14H,15-22H2,1H3,(H,33,34). The fourth-order valence-corrected chi connectivity index (χ4v) is 5.39. The molecule has 0 amide bonds. The maximum atomic E-state index is 11.1. The summed E-state index contributed by atoms with van der Waals surface area (Å²) in [7, 11) is 1.84. The van der Waals surface area contributed by atoms with Crippen LogP contribution in [0.1, 0.15) is 28.8 Å². The molecule has 3 aromatic rings. The molecule has 0 atom stereocenters. The molecule has 0 radical (unpaired) electrons. The van der Waals surface area contributed by atoms with Crippen molar-refractivity contribution in [1.29, 1.82) is 0 Å². The van der Waals surface area contributed by atoms with Gasteiger partial charge in [0.1, 0.15) is 0 Å². The number of carbonyl (C=O) groups is 1. The molecule has 1 N–H and O–H groups in total. The molecule has 2 heterocycles. The number of ether oxygens (including phenoxy) is 1. The number of hydrogen-bond donors (Lipinski definition) is 1.